The van der Waals surface area contributed by atoms with Gasteiger partial charge in [0, 0.05) is 0 Å². The van der Waals surface area contributed by atoms with Gasteiger partial charge in [0.1, 0.15) is 5.82 Å². The van der Waals surface area contributed by atoms with E-state index in [0.717, 1.165) is 0 Å². The van der Waals surface area contributed by atoms with E-state index in [0.29, 0.717) is 0 Å². The van der Waals surface area contributed by atoms with Gasteiger partial charge in [-0.05, 0) is 36.4 Å². The number of methoxy groups -OCH3 is 1. The Hall–Kier alpha value is -2.12. The molecule has 0 heterocycles. The van der Waals surface area contributed by atoms with Gasteiger partial charge >= 0.3 is 5.97 Å². The van der Waals surface area contributed by atoms with Crippen LogP contribution in [-0.2, 0) is 4.74 Å². The van der Waals surface area contributed by atoms with E-state index >= 15 is 0 Å². The van der Waals surface area contributed by atoms with E-state index in [4.69, 9.17) is 5.14 Å². The fraction of sp³-hybridized carbons (Fsp3) is 0.0714. The molecule has 0 saturated carbocycles. The van der Waals surface area contributed by atoms with Crippen LogP contribution in [0.15, 0.2) is 53.4 Å². The third-order valence-corrected chi connectivity index (χ3v) is 4.23. The molecule has 2 aromatic carbocycles. The van der Waals surface area contributed by atoms with E-state index in [1.54, 1.807) is 6.07 Å². The number of benzene rings is 2. The maximum Gasteiger partial charge on any atom is 0.337 e. The molecular formula is C14H14F2N2O2S. The van der Waals surface area contributed by atoms with Crippen molar-refractivity contribution < 1.29 is 17.8 Å². The predicted molar refractivity (Wildman–Crippen MR) is 79.0 cm³/mol. The zero-order valence-corrected chi connectivity index (χ0v) is 12.0. The van der Waals surface area contributed by atoms with Crippen molar-refractivity contribution >= 4 is 22.4 Å². The molecule has 0 amide bonds. The van der Waals surface area contributed by atoms with E-state index < -0.39 is 22.6 Å². The lowest BCUT2D eigenvalue weighted by molar-refractivity contribution is 0.0600. The molecule has 0 aromatic heterocycles. The summed E-state index contributed by atoms with van der Waals surface area (Å²) in [4.78, 5) is 11.4. The molecule has 0 fully saturated rings. The van der Waals surface area contributed by atoms with Crippen LogP contribution < -0.4 is 9.86 Å². The molecule has 1 unspecified atom stereocenters. The molecule has 0 saturated heterocycles. The van der Waals surface area contributed by atoms with Gasteiger partial charge in [0.2, 0.25) is 0 Å². The van der Waals surface area contributed by atoms with Crippen LogP contribution in [0.3, 0.4) is 0 Å². The Balaban J connectivity index is 2.23. The van der Waals surface area contributed by atoms with Crippen molar-refractivity contribution in [2.24, 2.45) is 5.14 Å². The lowest BCUT2D eigenvalue weighted by Crippen LogP contribution is -2.16. The van der Waals surface area contributed by atoms with Gasteiger partial charge in [-0.15, -0.1) is 3.89 Å². The standard InChI is InChI=1S/C14H14F2N2O2S/c1-20-14(19)10-6-8-11(9-7-10)21(16,17)18-13-5-3-2-4-12(13)15/h2-9,18H,17H2,1H3. The highest BCUT2D eigenvalue weighted by Gasteiger charge is 2.22. The minimum absolute atomic E-state index is 0.0189. The second-order valence-electron chi connectivity index (χ2n) is 4.18. The molecule has 0 aliphatic rings. The van der Waals surface area contributed by atoms with E-state index in [1.165, 1.54) is 49.6 Å². The monoisotopic (exact) mass is 312 g/mol. The molecule has 2 aromatic rings. The maximum absolute atomic E-state index is 14.6. The van der Waals surface area contributed by atoms with Crippen molar-refractivity contribution in [2.75, 3.05) is 11.8 Å². The van der Waals surface area contributed by atoms with Crippen LogP contribution in [0, 0.1) is 5.82 Å². The molecule has 0 spiro atoms. The van der Waals surface area contributed by atoms with Crippen LogP contribution >= 0.6 is 10.8 Å². The van der Waals surface area contributed by atoms with Crippen molar-refractivity contribution in [2.45, 2.75) is 4.90 Å². The number of carbonyl (C=O) groups is 1. The number of ether oxygens (including phenoxy) is 1. The van der Waals surface area contributed by atoms with E-state index in [-0.39, 0.29) is 16.1 Å². The molecule has 0 aliphatic carbocycles. The van der Waals surface area contributed by atoms with Crippen LogP contribution in [-0.4, -0.2) is 13.1 Å². The number of nitrogens with two attached hydrogens (primary N) is 1. The molecule has 1 atom stereocenters. The molecule has 2 rings (SSSR count). The fourth-order valence-electron chi connectivity index (χ4n) is 1.67. The Morgan fingerprint density at radius 1 is 1.19 bits per heavy atom. The van der Waals surface area contributed by atoms with Crippen molar-refractivity contribution in [3.8, 4) is 0 Å². The summed E-state index contributed by atoms with van der Waals surface area (Å²) in [7, 11) is -2.17. The van der Waals surface area contributed by atoms with Crippen molar-refractivity contribution in [3.63, 3.8) is 0 Å². The average molecular weight is 312 g/mol. The number of hydrogen-bond acceptors (Lipinski definition) is 4. The summed E-state index contributed by atoms with van der Waals surface area (Å²) >= 11 is 0. The van der Waals surface area contributed by atoms with Gasteiger partial charge in [-0.3, -0.25) is 5.14 Å². The van der Waals surface area contributed by atoms with Gasteiger partial charge < -0.3 is 9.46 Å². The Labute approximate surface area is 122 Å². The second kappa shape index (κ2) is 6.11. The Morgan fingerprint density at radius 3 is 2.38 bits per heavy atom. The number of esters is 1. The van der Waals surface area contributed by atoms with Crippen molar-refractivity contribution in [1.29, 1.82) is 0 Å². The minimum Gasteiger partial charge on any atom is -0.465 e. The number of halogens is 2. The summed E-state index contributed by atoms with van der Waals surface area (Å²) in [5, 5.41) is 5.62. The van der Waals surface area contributed by atoms with Gasteiger partial charge in [0.15, 0.2) is 0 Å². The Kier molecular flexibility index (Phi) is 4.44. The first-order valence-corrected chi connectivity index (χ1v) is 7.55. The highest BCUT2D eigenvalue weighted by atomic mass is 32.3. The van der Waals surface area contributed by atoms with E-state index in [2.05, 4.69) is 9.46 Å². The highest BCUT2D eigenvalue weighted by molar-refractivity contribution is 8.28. The van der Waals surface area contributed by atoms with Crippen LogP contribution in [0.25, 0.3) is 0 Å². The summed E-state index contributed by atoms with van der Waals surface area (Å²) in [5.74, 6) is -1.12. The molecule has 112 valence electrons. The SMILES string of the molecule is COC(=O)c1ccc(S(N)(F)Nc2ccccc2F)cc1. The lowest BCUT2D eigenvalue weighted by Gasteiger charge is -2.28. The van der Waals surface area contributed by atoms with Crippen molar-refractivity contribution in [3.05, 3.63) is 59.9 Å². The molecule has 0 aliphatic heterocycles. The highest BCUT2D eigenvalue weighted by Crippen LogP contribution is 2.50. The van der Waals surface area contributed by atoms with Gasteiger partial charge in [0.25, 0.3) is 0 Å². The summed E-state index contributed by atoms with van der Waals surface area (Å²) in [6, 6.07) is 11.2. The predicted octanol–water partition coefficient (Wildman–Crippen LogP) is 3.56. The van der Waals surface area contributed by atoms with Gasteiger partial charge in [0.05, 0.1) is 34.0 Å². The van der Waals surface area contributed by atoms with Gasteiger partial charge in [-0.25, -0.2) is 9.18 Å². The molecule has 21 heavy (non-hydrogen) atoms. The quantitative estimate of drug-likeness (QED) is 0.847. The average Bonchev–Trinajstić information content (AvgIpc) is 2.49. The lowest BCUT2D eigenvalue weighted by atomic mass is 10.2. The minimum atomic E-state index is -3.43. The second-order valence-corrected chi connectivity index (χ2v) is 6.02. The molecule has 0 bridgehead atoms. The normalized spacial score (nSPS) is 14.9. The first kappa shape index (κ1) is 15.3. The molecule has 7 heteroatoms. The maximum atomic E-state index is 14.6. The number of nitrogens with one attached hydrogen (secondary N) is 1. The van der Waals surface area contributed by atoms with Crippen molar-refractivity contribution in [1.82, 2.24) is 0 Å². The zero-order valence-electron chi connectivity index (χ0n) is 11.2. The molecule has 0 radical (unpaired) electrons. The third kappa shape index (κ3) is 3.50. The number of para-hydroxylation sites is 1. The zero-order chi connectivity index (χ0) is 15.5. The van der Waals surface area contributed by atoms with E-state index in [9.17, 15) is 13.1 Å². The van der Waals surface area contributed by atoms with Crippen LogP contribution in [0.5, 0.6) is 0 Å². The molecule has 4 nitrogen and oxygen atoms in total. The largest absolute Gasteiger partial charge is 0.465 e. The third-order valence-electron chi connectivity index (χ3n) is 2.75. The topological polar surface area (TPSA) is 64.3 Å². The summed E-state index contributed by atoms with van der Waals surface area (Å²) in [5.41, 5.74) is 0.261. The Bertz CT molecular complexity index is 648. The smallest absolute Gasteiger partial charge is 0.337 e. The number of rotatable bonds is 4. The summed E-state index contributed by atoms with van der Waals surface area (Å²) < 4.78 is 35.0. The van der Waals surface area contributed by atoms with Gasteiger partial charge in [-0.2, -0.15) is 0 Å². The van der Waals surface area contributed by atoms with Gasteiger partial charge in [-0.1, -0.05) is 12.1 Å². The van der Waals surface area contributed by atoms with E-state index in [1.807, 2.05) is 0 Å². The summed E-state index contributed by atoms with van der Waals surface area (Å²) in [6.07, 6.45) is 0. The first-order valence-electron chi connectivity index (χ1n) is 5.95. The van der Waals surface area contributed by atoms with Crippen LogP contribution in [0.2, 0.25) is 0 Å². The molecule has 3 N–H and O–H groups in total. The first-order chi connectivity index (χ1) is 9.94. The number of hydrogen-bond donors (Lipinski definition) is 2. The molecular weight excluding hydrogens is 298 g/mol. The van der Waals surface area contributed by atoms with Crippen LogP contribution in [0.1, 0.15) is 10.4 Å². The summed E-state index contributed by atoms with van der Waals surface area (Å²) in [6.45, 7) is 0. The van der Waals surface area contributed by atoms with Crippen LogP contribution in [0.4, 0.5) is 14.0 Å². The number of anilines is 1. The number of carbonyl (C=O) groups excluding carboxylic acids is 1. The fourth-order valence-corrected chi connectivity index (χ4v) is 2.81. The Morgan fingerprint density at radius 2 is 1.81 bits per heavy atom.